The molecule has 7 nitrogen and oxygen atoms in total. The van der Waals surface area contributed by atoms with E-state index in [1.165, 1.54) is 18.2 Å². The number of ketones is 1. The lowest BCUT2D eigenvalue weighted by atomic mass is 9.71. The van der Waals surface area contributed by atoms with Gasteiger partial charge in [-0.25, -0.2) is 0 Å². The minimum Gasteiger partial charge on any atom is -0.384 e. The molecule has 0 amide bonds. The third-order valence-electron chi connectivity index (χ3n) is 6.82. The van der Waals surface area contributed by atoms with E-state index in [-0.39, 0.29) is 40.2 Å². The average Bonchev–Trinajstić information content (AvgIpc) is 2.89. The summed E-state index contributed by atoms with van der Waals surface area (Å²) in [7, 11) is 0. The van der Waals surface area contributed by atoms with Gasteiger partial charge in [0.2, 0.25) is 0 Å². The molecule has 3 aromatic rings. The highest BCUT2D eigenvalue weighted by atomic mass is 35.5. The zero-order chi connectivity index (χ0) is 26.3. The van der Waals surface area contributed by atoms with Crippen molar-refractivity contribution in [2.75, 3.05) is 4.90 Å². The van der Waals surface area contributed by atoms with Crippen LogP contribution >= 0.6 is 23.2 Å². The lowest BCUT2D eigenvalue weighted by molar-refractivity contribution is -0.384. The van der Waals surface area contributed by atoms with Crippen molar-refractivity contribution < 1.29 is 9.72 Å². The second-order valence-electron chi connectivity index (χ2n) is 8.92. The van der Waals surface area contributed by atoms with Crippen molar-refractivity contribution in [1.82, 2.24) is 0 Å². The van der Waals surface area contributed by atoms with Crippen molar-refractivity contribution in [1.29, 1.82) is 5.26 Å². The van der Waals surface area contributed by atoms with Crippen molar-refractivity contribution in [2.45, 2.75) is 24.7 Å². The van der Waals surface area contributed by atoms with Crippen LogP contribution in [0.3, 0.4) is 0 Å². The van der Waals surface area contributed by atoms with Gasteiger partial charge in [-0.1, -0.05) is 53.5 Å². The Balaban J connectivity index is 1.76. The molecule has 0 fully saturated rings. The second-order valence-corrected chi connectivity index (χ2v) is 9.76. The molecule has 2 aliphatic rings. The van der Waals surface area contributed by atoms with Crippen LogP contribution in [0.2, 0.25) is 10.0 Å². The minimum atomic E-state index is -0.930. The van der Waals surface area contributed by atoms with E-state index < -0.39 is 10.8 Å². The molecule has 0 spiro atoms. The molecule has 1 aliphatic carbocycles. The summed E-state index contributed by atoms with van der Waals surface area (Å²) < 4.78 is 0. The molecule has 37 heavy (non-hydrogen) atoms. The Kier molecular flexibility index (Phi) is 6.46. The van der Waals surface area contributed by atoms with Gasteiger partial charge in [0, 0.05) is 45.6 Å². The summed E-state index contributed by atoms with van der Waals surface area (Å²) in [6.45, 7) is 0. The van der Waals surface area contributed by atoms with Crippen LogP contribution in [0.25, 0.3) is 0 Å². The third kappa shape index (κ3) is 4.35. The molecule has 0 saturated carbocycles. The van der Waals surface area contributed by atoms with Crippen LogP contribution in [-0.2, 0) is 4.79 Å². The monoisotopic (exact) mass is 530 g/mol. The first kappa shape index (κ1) is 24.6. The Labute approximate surface area is 223 Å². The predicted octanol–water partition coefficient (Wildman–Crippen LogP) is 6.60. The number of nitrogens with zero attached hydrogens (tertiary/aromatic N) is 3. The number of nitro benzene ring substituents is 1. The molecule has 184 valence electrons. The maximum atomic E-state index is 13.9. The third-order valence-corrected chi connectivity index (χ3v) is 7.42. The number of hydrogen-bond donors (Lipinski definition) is 1. The number of rotatable bonds is 4. The SMILES string of the molecule is N#CC1=C(N)N(c2ccc(Cl)cc2)C2=C(C(=O)CC(c3ccccc3)C2)C1c1cc([N+](=O)[O-])ccc1Cl. The van der Waals surface area contributed by atoms with Crippen molar-refractivity contribution in [3.05, 3.63) is 127 Å². The molecule has 2 atom stereocenters. The van der Waals surface area contributed by atoms with Gasteiger partial charge in [0.15, 0.2) is 5.78 Å². The molecule has 0 bridgehead atoms. The van der Waals surface area contributed by atoms with Gasteiger partial charge < -0.3 is 5.73 Å². The molecule has 0 saturated heterocycles. The van der Waals surface area contributed by atoms with Gasteiger partial charge in [0.05, 0.1) is 22.5 Å². The second kappa shape index (κ2) is 9.74. The highest BCUT2D eigenvalue weighted by Gasteiger charge is 2.43. The van der Waals surface area contributed by atoms with Crippen molar-refractivity contribution >= 4 is 40.4 Å². The van der Waals surface area contributed by atoms with E-state index in [4.69, 9.17) is 28.9 Å². The number of benzene rings is 3. The summed E-state index contributed by atoms with van der Waals surface area (Å²) in [4.78, 5) is 26.6. The molecule has 1 aliphatic heterocycles. The van der Waals surface area contributed by atoms with Gasteiger partial charge in [0.25, 0.3) is 5.69 Å². The Morgan fingerprint density at radius 3 is 2.38 bits per heavy atom. The Morgan fingerprint density at radius 2 is 1.73 bits per heavy atom. The highest BCUT2D eigenvalue weighted by molar-refractivity contribution is 6.31. The highest BCUT2D eigenvalue weighted by Crippen LogP contribution is 2.50. The molecule has 3 aromatic carbocycles. The van der Waals surface area contributed by atoms with Crippen LogP contribution in [0.15, 0.2) is 95.5 Å². The fraction of sp³-hybridized carbons (Fsp3) is 0.143. The first-order valence-electron chi connectivity index (χ1n) is 11.5. The number of nitriles is 1. The molecular formula is C28H20Cl2N4O3. The van der Waals surface area contributed by atoms with Gasteiger partial charge in [-0.2, -0.15) is 5.26 Å². The van der Waals surface area contributed by atoms with Crippen LogP contribution in [0.4, 0.5) is 11.4 Å². The number of Topliss-reactive ketones (excluding diaryl/α,β-unsaturated/α-hetero) is 1. The van der Waals surface area contributed by atoms with Crippen molar-refractivity contribution in [3.63, 3.8) is 0 Å². The Morgan fingerprint density at radius 1 is 1.03 bits per heavy atom. The maximum absolute atomic E-state index is 13.9. The van der Waals surface area contributed by atoms with Crippen LogP contribution in [0.1, 0.15) is 35.8 Å². The molecule has 5 rings (SSSR count). The van der Waals surface area contributed by atoms with E-state index in [0.717, 1.165) is 5.56 Å². The van der Waals surface area contributed by atoms with Crippen LogP contribution < -0.4 is 10.6 Å². The quantitative estimate of drug-likeness (QED) is 0.300. The predicted molar refractivity (Wildman–Crippen MR) is 142 cm³/mol. The topological polar surface area (TPSA) is 113 Å². The van der Waals surface area contributed by atoms with Gasteiger partial charge in [0.1, 0.15) is 5.82 Å². The number of carbonyl (C=O) groups excluding carboxylic acids is 1. The smallest absolute Gasteiger partial charge is 0.269 e. The number of hydrogen-bond acceptors (Lipinski definition) is 6. The first-order valence-corrected chi connectivity index (χ1v) is 12.3. The number of allylic oxidation sites excluding steroid dienone is 3. The summed E-state index contributed by atoms with van der Waals surface area (Å²) in [5.74, 6) is -1.07. The molecular weight excluding hydrogens is 511 g/mol. The fourth-order valence-corrected chi connectivity index (χ4v) is 5.51. The summed E-state index contributed by atoms with van der Waals surface area (Å²) >= 11 is 12.6. The van der Waals surface area contributed by atoms with E-state index in [2.05, 4.69) is 6.07 Å². The number of carbonyl (C=O) groups is 1. The zero-order valence-corrected chi connectivity index (χ0v) is 20.9. The van der Waals surface area contributed by atoms with Crippen LogP contribution in [-0.4, -0.2) is 10.7 Å². The number of nitro groups is 1. The van der Waals surface area contributed by atoms with Crippen molar-refractivity contribution in [2.24, 2.45) is 5.73 Å². The van der Waals surface area contributed by atoms with Gasteiger partial charge >= 0.3 is 0 Å². The summed E-state index contributed by atoms with van der Waals surface area (Å²) in [6, 6.07) is 22.9. The standard InChI is InChI=1S/C28H20Cl2N4O3/c29-18-6-8-19(9-7-18)33-24-12-17(16-4-2-1-3-5-16)13-25(35)27(24)26(22(15-31)28(33)32)21-14-20(34(36)37)10-11-23(21)30/h1-11,14,17,26H,12-13,32H2. The lowest BCUT2D eigenvalue weighted by Gasteiger charge is -2.41. The van der Waals surface area contributed by atoms with E-state index in [1.807, 2.05) is 30.3 Å². The van der Waals surface area contributed by atoms with E-state index >= 15 is 0 Å². The zero-order valence-electron chi connectivity index (χ0n) is 19.4. The van der Waals surface area contributed by atoms with Gasteiger partial charge in [-0.3, -0.25) is 19.8 Å². The van der Waals surface area contributed by atoms with Gasteiger partial charge in [-0.05, 0) is 53.8 Å². The average molecular weight is 531 g/mol. The lowest BCUT2D eigenvalue weighted by Crippen LogP contribution is -2.40. The Bertz CT molecular complexity index is 1530. The normalized spacial score (nSPS) is 19.5. The molecule has 2 unspecified atom stereocenters. The number of anilines is 1. The van der Waals surface area contributed by atoms with Gasteiger partial charge in [-0.15, -0.1) is 0 Å². The molecule has 0 aromatic heterocycles. The van der Waals surface area contributed by atoms with Crippen molar-refractivity contribution in [3.8, 4) is 6.07 Å². The van der Waals surface area contributed by atoms with Crippen LogP contribution in [0, 0.1) is 21.4 Å². The molecule has 9 heteroatoms. The van der Waals surface area contributed by atoms with E-state index in [9.17, 15) is 20.2 Å². The van der Waals surface area contributed by atoms with E-state index in [0.29, 0.717) is 34.0 Å². The van der Waals surface area contributed by atoms with E-state index in [1.54, 1.807) is 29.2 Å². The summed E-state index contributed by atoms with van der Waals surface area (Å²) in [6.07, 6.45) is 0.690. The molecule has 2 N–H and O–H groups in total. The largest absolute Gasteiger partial charge is 0.384 e. The number of nitrogens with two attached hydrogens (primary N) is 1. The first-order chi connectivity index (χ1) is 17.8. The summed E-state index contributed by atoms with van der Waals surface area (Å²) in [5, 5.41) is 22.5. The maximum Gasteiger partial charge on any atom is 0.269 e. The van der Waals surface area contributed by atoms with Crippen LogP contribution in [0.5, 0.6) is 0 Å². The number of halogens is 2. The minimum absolute atomic E-state index is 0.0996. The summed E-state index contributed by atoms with van der Waals surface area (Å²) in [5.41, 5.74) is 9.51. The fourth-order valence-electron chi connectivity index (χ4n) is 5.15. The molecule has 0 radical (unpaired) electrons. The molecule has 1 heterocycles. The Hall–Kier alpha value is -4.12. The number of non-ortho nitro benzene ring substituents is 1.